The number of aliphatic hydroxyl groups is 1. The molecule has 0 radical (unpaired) electrons. The lowest BCUT2D eigenvalue weighted by Crippen LogP contribution is -2.51. The van der Waals surface area contributed by atoms with Gasteiger partial charge in [0.2, 0.25) is 5.91 Å². The monoisotopic (exact) mass is 232 g/mol. The predicted molar refractivity (Wildman–Crippen MR) is 64.7 cm³/mol. The Balaban J connectivity index is 1.59. The highest BCUT2D eigenvalue weighted by atomic mass is 16.3. The number of fused-ring (bicyclic) bond motifs is 1. The normalized spacial score (nSPS) is 30.1. The van der Waals surface area contributed by atoms with Crippen molar-refractivity contribution in [1.29, 1.82) is 0 Å². The van der Waals surface area contributed by atoms with E-state index in [0.717, 1.165) is 12.1 Å². The molecule has 90 valence electrons. The second-order valence-electron chi connectivity index (χ2n) is 4.89. The van der Waals surface area contributed by atoms with E-state index in [0.29, 0.717) is 12.8 Å². The SMILES string of the molecule is O=C(NC1CC(O)C1)C1Cc2ccccc2N1. The van der Waals surface area contributed by atoms with Gasteiger partial charge in [0.25, 0.3) is 0 Å². The summed E-state index contributed by atoms with van der Waals surface area (Å²) in [6, 6.07) is 7.99. The lowest BCUT2D eigenvalue weighted by atomic mass is 9.89. The van der Waals surface area contributed by atoms with Crippen molar-refractivity contribution in [3.63, 3.8) is 0 Å². The number of aliphatic hydroxyl groups excluding tert-OH is 1. The lowest BCUT2D eigenvalue weighted by molar-refractivity contribution is -0.123. The van der Waals surface area contributed by atoms with Crippen LogP contribution >= 0.6 is 0 Å². The third-order valence-electron chi connectivity index (χ3n) is 3.55. The zero-order chi connectivity index (χ0) is 11.8. The van der Waals surface area contributed by atoms with Crippen molar-refractivity contribution in [3.8, 4) is 0 Å². The molecule has 0 spiro atoms. The minimum atomic E-state index is -0.228. The van der Waals surface area contributed by atoms with Gasteiger partial charge in [-0.1, -0.05) is 18.2 Å². The van der Waals surface area contributed by atoms with Crippen LogP contribution in [0.4, 0.5) is 5.69 Å². The molecule has 17 heavy (non-hydrogen) atoms. The van der Waals surface area contributed by atoms with Crippen LogP contribution < -0.4 is 10.6 Å². The van der Waals surface area contributed by atoms with Crippen LogP contribution in [-0.4, -0.2) is 29.2 Å². The first-order valence-corrected chi connectivity index (χ1v) is 6.05. The van der Waals surface area contributed by atoms with Gasteiger partial charge < -0.3 is 15.7 Å². The fraction of sp³-hybridized carbons (Fsp3) is 0.462. The number of rotatable bonds is 2. The van der Waals surface area contributed by atoms with Crippen LogP contribution in [0.3, 0.4) is 0 Å². The Bertz CT molecular complexity index is 416. The summed E-state index contributed by atoms with van der Waals surface area (Å²) in [6.45, 7) is 0. The average Bonchev–Trinajstić information content (AvgIpc) is 2.70. The molecule has 1 saturated carbocycles. The number of nitrogens with one attached hydrogen (secondary N) is 2. The summed E-state index contributed by atoms with van der Waals surface area (Å²) in [5.41, 5.74) is 2.25. The van der Waals surface area contributed by atoms with E-state index < -0.39 is 0 Å². The molecule has 1 aliphatic carbocycles. The Morgan fingerprint density at radius 1 is 1.35 bits per heavy atom. The largest absolute Gasteiger partial charge is 0.393 e. The van der Waals surface area contributed by atoms with E-state index in [4.69, 9.17) is 0 Å². The van der Waals surface area contributed by atoms with E-state index >= 15 is 0 Å². The van der Waals surface area contributed by atoms with Gasteiger partial charge in [0.15, 0.2) is 0 Å². The molecule has 1 aliphatic heterocycles. The molecule has 1 atom stereocenters. The van der Waals surface area contributed by atoms with Crippen LogP contribution in [0.1, 0.15) is 18.4 Å². The summed E-state index contributed by atoms with van der Waals surface area (Å²) in [5, 5.41) is 15.4. The summed E-state index contributed by atoms with van der Waals surface area (Å²) in [7, 11) is 0. The first-order chi connectivity index (χ1) is 8.22. The van der Waals surface area contributed by atoms with Crippen molar-refractivity contribution in [2.24, 2.45) is 0 Å². The average molecular weight is 232 g/mol. The van der Waals surface area contributed by atoms with E-state index in [1.54, 1.807) is 0 Å². The van der Waals surface area contributed by atoms with Crippen LogP contribution in [0.5, 0.6) is 0 Å². The van der Waals surface area contributed by atoms with Crippen molar-refractivity contribution in [2.45, 2.75) is 37.5 Å². The Hall–Kier alpha value is -1.55. The first-order valence-electron chi connectivity index (χ1n) is 6.05. The fourth-order valence-corrected chi connectivity index (χ4v) is 2.46. The molecule has 1 aromatic carbocycles. The Morgan fingerprint density at radius 3 is 2.82 bits per heavy atom. The maximum atomic E-state index is 12.0. The molecule has 1 fully saturated rings. The predicted octanol–water partition coefficient (Wildman–Crippen LogP) is 0.663. The van der Waals surface area contributed by atoms with Crippen molar-refractivity contribution >= 4 is 11.6 Å². The number of amides is 1. The van der Waals surface area contributed by atoms with Crippen LogP contribution in [0.2, 0.25) is 0 Å². The standard InChI is InChI=1S/C13H16N2O2/c16-10-6-9(7-10)14-13(17)12-5-8-3-1-2-4-11(8)15-12/h1-4,9-10,12,15-16H,5-7H2,(H,14,17). The molecule has 3 N–H and O–H groups in total. The topological polar surface area (TPSA) is 61.4 Å². The van der Waals surface area contributed by atoms with E-state index in [9.17, 15) is 9.90 Å². The van der Waals surface area contributed by atoms with Crippen molar-refractivity contribution in [3.05, 3.63) is 29.8 Å². The van der Waals surface area contributed by atoms with Gasteiger partial charge >= 0.3 is 0 Å². The molecule has 4 nitrogen and oxygen atoms in total. The maximum absolute atomic E-state index is 12.0. The zero-order valence-electron chi connectivity index (χ0n) is 9.52. The van der Waals surface area contributed by atoms with E-state index in [1.807, 2.05) is 24.3 Å². The van der Waals surface area contributed by atoms with Crippen LogP contribution in [0.15, 0.2) is 24.3 Å². The lowest BCUT2D eigenvalue weighted by Gasteiger charge is -2.32. The van der Waals surface area contributed by atoms with Crippen LogP contribution in [0.25, 0.3) is 0 Å². The van der Waals surface area contributed by atoms with Gasteiger partial charge in [0.05, 0.1) is 6.10 Å². The molecule has 4 heteroatoms. The summed E-state index contributed by atoms with van der Waals surface area (Å²) in [4.78, 5) is 12.0. The van der Waals surface area contributed by atoms with Gasteiger partial charge in [0.1, 0.15) is 6.04 Å². The van der Waals surface area contributed by atoms with E-state index in [1.165, 1.54) is 5.56 Å². The zero-order valence-corrected chi connectivity index (χ0v) is 9.52. The van der Waals surface area contributed by atoms with Gasteiger partial charge in [-0.2, -0.15) is 0 Å². The second-order valence-corrected chi connectivity index (χ2v) is 4.89. The summed E-state index contributed by atoms with van der Waals surface area (Å²) >= 11 is 0. The third-order valence-corrected chi connectivity index (χ3v) is 3.55. The van der Waals surface area contributed by atoms with Gasteiger partial charge in [0, 0.05) is 18.2 Å². The minimum Gasteiger partial charge on any atom is -0.393 e. The highest BCUT2D eigenvalue weighted by Gasteiger charge is 2.32. The summed E-state index contributed by atoms with van der Waals surface area (Å²) in [6.07, 6.45) is 1.89. The fourth-order valence-electron chi connectivity index (χ4n) is 2.46. The van der Waals surface area contributed by atoms with Gasteiger partial charge in [-0.15, -0.1) is 0 Å². The molecule has 1 unspecified atom stereocenters. The van der Waals surface area contributed by atoms with Crippen LogP contribution in [-0.2, 0) is 11.2 Å². The molecule has 3 rings (SSSR count). The Morgan fingerprint density at radius 2 is 2.12 bits per heavy atom. The number of hydrogen-bond donors (Lipinski definition) is 3. The first kappa shape index (κ1) is 10.6. The minimum absolute atomic E-state index is 0.0399. The molecule has 2 aliphatic rings. The van der Waals surface area contributed by atoms with E-state index in [-0.39, 0.29) is 24.1 Å². The van der Waals surface area contributed by atoms with Crippen molar-refractivity contribution in [2.75, 3.05) is 5.32 Å². The molecule has 1 heterocycles. The number of benzene rings is 1. The van der Waals surface area contributed by atoms with Gasteiger partial charge in [-0.25, -0.2) is 0 Å². The summed E-state index contributed by atoms with van der Waals surface area (Å²) < 4.78 is 0. The molecule has 1 aromatic rings. The quantitative estimate of drug-likeness (QED) is 0.702. The van der Waals surface area contributed by atoms with Gasteiger partial charge in [-0.3, -0.25) is 4.79 Å². The molecule has 0 aromatic heterocycles. The third kappa shape index (κ3) is 2.00. The second kappa shape index (κ2) is 4.04. The summed E-state index contributed by atoms with van der Waals surface area (Å²) in [5.74, 6) is 0.0399. The molecule has 0 bridgehead atoms. The maximum Gasteiger partial charge on any atom is 0.243 e. The molecular weight excluding hydrogens is 216 g/mol. The van der Waals surface area contributed by atoms with E-state index in [2.05, 4.69) is 10.6 Å². The number of para-hydroxylation sites is 1. The highest BCUT2D eigenvalue weighted by Crippen LogP contribution is 2.26. The number of hydrogen-bond acceptors (Lipinski definition) is 3. The molecular formula is C13H16N2O2. The molecule has 0 saturated heterocycles. The number of anilines is 1. The van der Waals surface area contributed by atoms with Gasteiger partial charge in [-0.05, 0) is 24.5 Å². The number of carbonyl (C=O) groups excluding carboxylic acids is 1. The van der Waals surface area contributed by atoms with Crippen LogP contribution in [0, 0.1) is 0 Å². The smallest absolute Gasteiger partial charge is 0.243 e. The highest BCUT2D eigenvalue weighted by molar-refractivity contribution is 5.87. The molecule has 1 amide bonds. The van der Waals surface area contributed by atoms with Crippen molar-refractivity contribution < 1.29 is 9.90 Å². The number of carbonyl (C=O) groups is 1. The Labute approximate surface area is 100 Å². The van der Waals surface area contributed by atoms with Crippen molar-refractivity contribution in [1.82, 2.24) is 5.32 Å². The Kier molecular flexibility index (Phi) is 2.52.